The molecule has 0 amide bonds. The van der Waals surface area contributed by atoms with Crippen molar-refractivity contribution in [1.29, 1.82) is 0 Å². The monoisotopic (exact) mass is 234 g/mol. The summed E-state index contributed by atoms with van der Waals surface area (Å²) in [5.41, 5.74) is 0. The summed E-state index contributed by atoms with van der Waals surface area (Å²) in [6, 6.07) is 11.0. The average Bonchev–Trinajstić information content (AvgIpc) is 1.86. The van der Waals surface area contributed by atoms with Crippen molar-refractivity contribution < 1.29 is 0 Å². The van der Waals surface area contributed by atoms with Crippen LogP contribution in [0.1, 0.15) is 0 Å². The zero-order valence-electron chi connectivity index (χ0n) is 7.83. The Labute approximate surface area is 72.5 Å². The quantitative estimate of drug-likeness (QED) is 0.629. The van der Waals surface area contributed by atoms with Crippen molar-refractivity contribution in [2.24, 2.45) is 0 Å². The molecule has 0 spiro atoms. The molecule has 0 aliphatic carbocycles. The molecule has 0 aliphatic heterocycles. The Morgan fingerprint density at radius 3 is 1.73 bits per heavy atom. The predicted molar refractivity (Wildman–Crippen MR) is 60.8 cm³/mol. The fourth-order valence-corrected chi connectivity index (χ4v) is 5.44. The normalized spacial score (nSPS) is 15.7. The third-order valence-electron chi connectivity index (χ3n) is 1.79. The maximum atomic E-state index is 2.49. The van der Waals surface area contributed by atoms with Gasteiger partial charge in [-0.15, -0.1) is 0 Å². The Hall–Kier alpha value is -0.0436. The Balaban J connectivity index is 3.14. The van der Waals surface area contributed by atoms with Crippen molar-refractivity contribution in [2.75, 3.05) is 0 Å². The molecule has 0 radical (unpaired) electrons. The molecule has 0 saturated heterocycles. The predicted octanol–water partition coefficient (Wildman–Crippen LogP) is 0.780. The van der Waals surface area contributed by atoms with Gasteiger partial charge in [0.15, 0.2) is 0 Å². The fraction of sp³-hybridized carbons (Fsp3) is 0.333. The zero-order chi connectivity index (χ0) is 8.56. The molecule has 0 bridgehead atoms. The van der Waals surface area contributed by atoms with Crippen LogP contribution in [0.5, 0.6) is 0 Å². The van der Waals surface area contributed by atoms with Crippen LogP contribution in [0, 0.1) is 0 Å². The van der Waals surface area contributed by atoms with Crippen LogP contribution in [0.4, 0.5) is 0 Å². The van der Waals surface area contributed by atoms with Gasteiger partial charge in [-0.1, -0.05) is 0 Å². The van der Waals surface area contributed by atoms with Crippen LogP contribution in [-0.4, -0.2) is 20.0 Å². The summed E-state index contributed by atoms with van der Waals surface area (Å²) in [5.74, 6) is 7.46. The van der Waals surface area contributed by atoms with Crippen molar-refractivity contribution in [3.63, 3.8) is 0 Å². The van der Waals surface area contributed by atoms with Gasteiger partial charge in [0.2, 0.25) is 0 Å². The summed E-state index contributed by atoms with van der Waals surface area (Å²) in [7, 11) is 1.35. The first-order chi connectivity index (χ1) is 4.86. The summed E-state index contributed by atoms with van der Waals surface area (Å²) in [5, 5.41) is 0. The third-order valence-corrected chi connectivity index (χ3v) is 9.43. The molecule has 11 heavy (non-hydrogen) atoms. The molecule has 0 aromatic heterocycles. The average molecular weight is 233 g/mol. The second-order valence-corrected chi connectivity index (χ2v) is 37.3. The Morgan fingerprint density at radius 1 is 1.00 bits per heavy atom. The van der Waals surface area contributed by atoms with E-state index in [0.29, 0.717) is 0 Å². The molecule has 0 aliphatic rings. The number of rotatable bonds is 1. The molecule has 0 heterocycles. The van der Waals surface area contributed by atoms with E-state index >= 15 is 0 Å². The molecule has 0 unspecified atom stereocenters. The third kappa shape index (κ3) is 2.48. The van der Waals surface area contributed by atoms with E-state index in [9.17, 15) is 0 Å². The molecule has 0 N–H and O–H groups in total. The van der Waals surface area contributed by atoms with Crippen LogP contribution in [0.2, 0.25) is 17.5 Å². The molecule has 0 fully saturated rings. The number of hydrogen-bond acceptors (Lipinski definition) is 0. The molecular formula is C9H18SeSi. The van der Waals surface area contributed by atoms with Gasteiger partial charge < -0.3 is 0 Å². The molecule has 0 nitrogen and oxygen atoms in total. The van der Waals surface area contributed by atoms with Crippen molar-refractivity contribution in [2.45, 2.75) is 17.5 Å². The van der Waals surface area contributed by atoms with Gasteiger partial charge in [-0.3, -0.25) is 0 Å². The molecule has 0 saturated carbocycles. The van der Waals surface area contributed by atoms with Crippen molar-refractivity contribution in [1.82, 2.24) is 0 Å². The van der Waals surface area contributed by atoms with Crippen molar-refractivity contribution in [3.8, 4) is 0 Å². The Bertz CT molecular complexity index is 236. The van der Waals surface area contributed by atoms with Crippen LogP contribution in [0.3, 0.4) is 0 Å². The van der Waals surface area contributed by atoms with Gasteiger partial charge in [0.05, 0.1) is 0 Å². The fourth-order valence-electron chi connectivity index (χ4n) is 1.02. The molecular weight excluding hydrogens is 215 g/mol. The Kier molecular flexibility index (Phi) is 2.04. The SMILES string of the molecule is C[SeH](C)(C)([SiH3])c1ccccc1. The summed E-state index contributed by atoms with van der Waals surface area (Å²) < 4.78 is 1.62. The maximum absolute atomic E-state index is 2.49. The second kappa shape index (κ2) is 2.48. The first-order valence-electron chi connectivity index (χ1n) is 3.92. The van der Waals surface area contributed by atoms with Gasteiger partial charge in [-0.05, 0) is 0 Å². The topological polar surface area (TPSA) is 0 Å². The number of hydrogen-bond donors (Lipinski definition) is 0. The summed E-state index contributed by atoms with van der Waals surface area (Å²) in [6.45, 7) is 0. The van der Waals surface area contributed by atoms with E-state index in [-0.39, 0.29) is 0 Å². The van der Waals surface area contributed by atoms with Crippen LogP contribution in [0.25, 0.3) is 0 Å². The number of benzene rings is 1. The van der Waals surface area contributed by atoms with Gasteiger partial charge >= 0.3 is 72.3 Å². The van der Waals surface area contributed by atoms with Gasteiger partial charge in [-0.25, -0.2) is 0 Å². The van der Waals surface area contributed by atoms with Crippen LogP contribution in [0.15, 0.2) is 30.3 Å². The van der Waals surface area contributed by atoms with Gasteiger partial charge in [0.25, 0.3) is 0 Å². The molecule has 1 aromatic carbocycles. The van der Waals surface area contributed by atoms with E-state index in [0.717, 1.165) is 0 Å². The Morgan fingerprint density at radius 2 is 1.45 bits per heavy atom. The summed E-state index contributed by atoms with van der Waals surface area (Å²) in [4.78, 5) is 0. The first kappa shape index (κ1) is 9.05. The first-order valence-corrected chi connectivity index (χ1v) is 17.0. The molecule has 0 atom stereocenters. The summed E-state index contributed by atoms with van der Waals surface area (Å²) >= 11 is -1.87. The van der Waals surface area contributed by atoms with Gasteiger partial charge in [0, 0.05) is 0 Å². The van der Waals surface area contributed by atoms with E-state index in [2.05, 4.69) is 47.8 Å². The molecule has 1 rings (SSSR count). The molecule has 1 aromatic rings. The van der Waals surface area contributed by atoms with Crippen LogP contribution in [-0.2, 0) is 0 Å². The summed E-state index contributed by atoms with van der Waals surface area (Å²) in [6.07, 6.45) is 0. The van der Waals surface area contributed by atoms with E-state index in [4.69, 9.17) is 0 Å². The second-order valence-electron chi connectivity index (χ2n) is 4.91. The molecule has 64 valence electrons. The van der Waals surface area contributed by atoms with E-state index < -0.39 is 11.1 Å². The van der Waals surface area contributed by atoms with Crippen LogP contribution < -0.4 is 4.46 Å². The van der Waals surface area contributed by atoms with Crippen LogP contribution >= 0.6 is 0 Å². The zero-order valence-corrected chi connectivity index (χ0v) is 11.7. The van der Waals surface area contributed by atoms with Crippen molar-refractivity contribution >= 4 is 24.5 Å². The van der Waals surface area contributed by atoms with E-state index in [1.807, 2.05) is 0 Å². The minimum absolute atomic E-state index is 1.35. The molecule has 2 heteroatoms. The standard InChI is InChI=1S/C9H18SeSi/c1-10(2,3,11)9-7-5-4-6-8-9/h4-8,10H,1-3,11H3. The van der Waals surface area contributed by atoms with Crippen molar-refractivity contribution in [3.05, 3.63) is 30.3 Å². The minimum atomic E-state index is -1.87. The van der Waals surface area contributed by atoms with Gasteiger partial charge in [0.1, 0.15) is 0 Å². The van der Waals surface area contributed by atoms with Gasteiger partial charge in [-0.2, -0.15) is 0 Å². The van der Waals surface area contributed by atoms with E-state index in [1.54, 1.807) is 4.46 Å². The van der Waals surface area contributed by atoms with E-state index in [1.165, 1.54) is 8.85 Å².